The van der Waals surface area contributed by atoms with Crippen molar-refractivity contribution in [2.45, 2.75) is 33.1 Å². The number of carbonyl (C=O) groups is 2. The molecular formula is C12H19NO3. The number of carboxylic acid groups (broad SMARTS) is 1. The van der Waals surface area contributed by atoms with Gasteiger partial charge in [-0.2, -0.15) is 0 Å². The summed E-state index contributed by atoms with van der Waals surface area (Å²) in [5.74, 6) is -1.43. The lowest BCUT2D eigenvalue weighted by Gasteiger charge is -2.38. The number of likely N-dealkylation sites (tertiary alicyclic amines) is 1. The minimum atomic E-state index is -0.824. The lowest BCUT2D eigenvalue weighted by atomic mass is 9.84. The van der Waals surface area contributed by atoms with Gasteiger partial charge in [0.1, 0.15) is 0 Å². The topological polar surface area (TPSA) is 57.6 Å². The number of aliphatic carboxylic acids is 1. The number of nitrogens with zero attached hydrogens (tertiary/aromatic N) is 1. The molecule has 2 rings (SSSR count). The maximum absolute atomic E-state index is 12.0. The first-order valence-electron chi connectivity index (χ1n) is 5.92. The number of amides is 1. The Morgan fingerprint density at radius 3 is 2.50 bits per heavy atom. The highest BCUT2D eigenvalue weighted by Crippen LogP contribution is 2.41. The Kier molecular flexibility index (Phi) is 2.68. The molecule has 1 aliphatic carbocycles. The Balaban J connectivity index is 1.93. The molecule has 0 aromatic carbocycles. The van der Waals surface area contributed by atoms with Crippen LogP contribution in [0.2, 0.25) is 0 Å². The van der Waals surface area contributed by atoms with Crippen molar-refractivity contribution in [1.82, 2.24) is 4.90 Å². The van der Waals surface area contributed by atoms with Gasteiger partial charge in [0, 0.05) is 13.1 Å². The molecule has 1 aliphatic heterocycles. The summed E-state index contributed by atoms with van der Waals surface area (Å²) in [7, 11) is 0. The first-order chi connectivity index (χ1) is 7.41. The van der Waals surface area contributed by atoms with E-state index >= 15 is 0 Å². The highest BCUT2D eigenvalue weighted by Gasteiger charge is 2.50. The van der Waals surface area contributed by atoms with Crippen molar-refractivity contribution in [3.63, 3.8) is 0 Å². The van der Waals surface area contributed by atoms with E-state index in [1.54, 1.807) is 0 Å². The first kappa shape index (κ1) is 11.4. The van der Waals surface area contributed by atoms with Crippen molar-refractivity contribution < 1.29 is 14.7 Å². The Morgan fingerprint density at radius 2 is 2.00 bits per heavy atom. The van der Waals surface area contributed by atoms with Crippen LogP contribution in [0.4, 0.5) is 0 Å². The molecule has 2 fully saturated rings. The molecule has 1 N–H and O–H groups in total. The summed E-state index contributed by atoms with van der Waals surface area (Å²) in [6, 6.07) is 0. The van der Waals surface area contributed by atoms with Gasteiger partial charge < -0.3 is 10.0 Å². The fraction of sp³-hybridized carbons (Fsp3) is 0.833. The number of rotatable bonds is 2. The second-order valence-corrected chi connectivity index (χ2v) is 5.81. The smallest absolute Gasteiger partial charge is 0.307 e. The Morgan fingerprint density at radius 1 is 1.31 bits per heavy atom. The van der Waals surface area contributed by atoms with Crippen LogP contribution >= 0.6 is 0 Å². The molecule has 16 heavy (non-hydrogen) atoms. The molecule has 90 valence electrons. The summed E-state index contributed by atoms with van der Waals surface area (Å²) >= 11 is 0. The highest BCUT2D eigenvalue weighted by molar-refractivity contribution is 5.89. The number of carbonyl (C=O) groups excluding carboxylic acids is 1. The van der Waals surface area contributed by atoms with Crippen LogP contribution in [-0.2, 0) is 9.59 Å². The van der Waals surface area contributed by atoms with Gasteiger partial charge in [-0.25, -0.2) is 0 Å². The quantitative estimate of drug-likeness (QED) is 0.772. The summed E-state index contributed by atoms with van der Waals surface area (Å²) in [6.45, 7) is 5.89. The van der Waals surface area contributed by atoms with Gasteiger partial charge in [0.05, 0.1) is 11.8 Å². The molecule has 1 amide bonds. The van der Waals surface area contributed by atoms with Crippen molar-refractivity contribution in [3.05, 3.63) is 0 Å². The Bertz CT molecular complexity index is 324. The third-order valence-corrected chi connectivity index (χ3v) is 3.64. The number of piperidine rings is 1. The molecule has 4 nitrogen and oxygen atoms in total. The molecule has 0 aromatic rings. The first-order valence-corrected chi connectivity index (χ1v) is 5.92. The predicted octanol–water partition coefficient (Wildman–Crippen LogP) is 1.36. The zero-order valence-electron chi connectivity index (χ0n) is 9.90. The predicted molar refractivity (Wildman–Crippen MR) is 58.8 cm³/mol. The van der Waals surface area contributed by atoms with Crippen LogP contribution in [0.1, 0.15) is 33.1 Å². The van der Waals surface area contributed by atoms with Crippen molar-refractivity contribution in [2.24, 2.45) is 17.3 Å². The molecule has 1 saturated heterocycles. The third kappa shape index (κ3) is 2.20. The average Bonchev–Trinajstić information content (AvgIpc) is 2.94. The van der Waals surface area contributed by atoms with E-state index in [2.05, 4.69) is 13.8 Å². The lowest BCUT2D eigenvalue weighted by Crippen LogP contribution is -2.44. The minimum absolute atomic E-state index is 0.0557. The molecule has 1 heterocycles. The van der Waals surface area contributed by atoms with Gasteiger partial charge in [-0.1, -0.05) is 13.8 Å². The number of hydrogen-bond donors (Lipinski definition) is 1. The molecule has 0 radical (unpaired) electrons. The monoisotopic (exact) mass is 225 g/mol. The van der Waals surface area contributed by atoms with Crippen LogP contribution in [0, 0.1) is 17.3 Å². The molecule has 4 heteroatoms. The molecule has 0 aromatic heterocycles. The normalized spacial score (nSPS) is 32.2. The van der Waals surface area contributed by atoms with Crippen molar-refractivity contribution in [3.8, 4) is 0 Å². The van der Waals surface area contributed by atoms with Gasteiger partial charge in [0.25, 0.3) is 0 Å². The average molecular weight is 225 g/mol. The molecule has 0 spiro atoms. The summed E-state index contributed by atoms with van der Waals surface area (Å²) in [4.78, 5) is 24.6. The van der Waals surface area contributed by atoms with E-state index in [0.29, 0.717) is 6.42 Å². The second kappa shape index (κ2) is 3.75. The second-order valence-electron chi connectivity index (χ2n) is 5.81. The van der Waals surface area contributed by atoms with Crippen LogP contribution in [0.3, 0.4) is 0 Å². The van der Waals surface area contributed by atoms with E-state index in [-0.39, 0.29) is 17.2 Å². The Hall–Kier alpha value is -1.06. The maximum atomic E-state index is 12.0. The van der Waals surface area contributed by atoms with E-state index in [1.165, 1.54) is 0 Å². The van der Waals surface area contributed by atoms with Crippen LogP contribution < -0.4 is 0 Å². The highest BCUT2D eigenvalue weighted by atomic mass is 16.4. The van der Waals surface area contributed by atoms with Crippen molar-refractivity contribution >= 4 is 11.9 Å². The van der Waals surface area contributed by atoms with Gasteiger partial charge in [0.15, 0.2) is 0 Å². The van der Waals surface area contributed by atoms with Crippen molar-refractivity contribution in [2.75, 3.05) is 13.1 Å². The fourth-order valence-corrected chi connectivity index (χ4v) is 2.59. The molecule has 1 saturated carbocycles. The third-order valence-electron chi connectivity index (χ3n) is 3.64. The summed E-state index contributed by atoms with van der Waals surface area (Å²) in [5, 5.41) is 8.80. The SMILES string of the molecule is CC1(C)CCCN(C(=O)[C@@H]2C[C@@H]2C(=O)O)C1. The van der Waals surface area contributed by atoms with Crippen molar-refractivity contribution in [1.29, 1.82) is 0 Å². The number of hydrogen-bond acceptors (Lipinski definition) is 2. The fourth-order valence-electron chi connectivity index (χ4n) is 2.59. The zero-order valence-corrected chi connectivity index (χ0v) is 9.90. The molecule has 0 bridgehead atoms. The summed E-state index contributed by atoms with van der Waals surface area (Å²) in [6.07, 6.45) is 2.71. The molecule has 2 atom stereocenters. The summed E-state index contributed by atoms with van der Waals surface area (Å²) < 4.78 is 0. The van der Waals surface area contributed by atoms with E-state index in [1.807, 2.05) is 4.90 Å². The molecule has 2 aliphatic rings. The lowest BCUT2D eigenvalue weighted by molar-refractivity contribution is -0.143. The van der Waals surface area contributed by atoms with Crippen LogP contribution in [0.25, 0.3) is 0 Å². The largest absolute Gasteiger partial charge is 0.481 e. The van der Waals surface area contributed by atoms with Gasteiger partial charge in [-0.3, -0.25) is 9.59 Å². The van der Waals surface area contributed by atoms with Crippen LogP contribution in [-0.4, -0.2) is 35.0 Å². The summed E-state index contributed by atoms with van der Waals surface area (Å²) in [5.41, 5.74) is 0.182. The minimum Gasteiger partial charge on any atom is -0.481 e. The Labute approximate surface area is 95.6 Å². The maximum Gasteiger partial charge on any atom is 0.307 e. The molecule has 0 unspecified atom stereocenters. The van der Waals surface area contributed by atoms with Gasteiger partial charge in [-0.05, 0) is 24.7 Å². The van der Waals surface area contributed by atoms with Gasteiger partial charge >= 0.3 is 5.97 Å². The van der Waals surface area contributed by atoms with E-state index in [0.717, 1.165) is 25.9 Å². The van der Waals surface area contributed by atoms with Crippen LogP contribution in [0.5, 0.6) is 0 Å². The standard InChI is InChI=1S/C12H19NO3/c1-12(2)4-3-5-13(7-12)10(14)8-6-9(8)11(15)16/h8-9H,3-7H2,1-2H3,(H,15,16)/t8-,9+/m1/s1. The molecular weight excluding hydrogens is 206 g/mol. The van der Waals surface area contributed by atoms with E-state index in [9.17, 15) is 9.59 Å². The van der Waals surface area contributed by atoms with E-state index < -0.39 is 11.9 Å². The van der Waals surface area contributed by atoms with Crippen LogP contribution in [0.15, 0.2) is 0 Å². The zero-order chi connectivity index (χ0) is 11.9. The van der Waals surface area contributed by atoms with E-state index in [4.69, 9.17) is 5.11 Å². The van der Waals surface area contributed by atoms with Gasteiger partial charge in [-0.15, -0.1) is 0 Å². The number of carboxylic acids is 1. The van der Waals surface area contributed by atoms with Gasteiger partial charge in [0.2, 0.25) is 5.91 Å².